The maximum atomic E-state index is 11.0. The molecule has 88 valence electrons. The van der Waals surface area contributed by atoms with E-state index in [-0.39, 0.29) is 25.7 Å². The third-order valence-corrected chi connectivity index (χ3v) is 1.85. The third kappa shape index (κ3) is 3.31. The Bertz CT molecular complexity index is 323. The zero-order valence-electron chi connectivity index (χ0n) is 8.26. The number of carboxylic acid groups (broad SMARTS) is 1. The molecular formula is C8H10N2O6. The maximum absolute atomic E-state index is 11.0. The molecule has 0 spiro atoms. The Balaban J connectivity index is 2.28. The Labute approximate surface area is 90.1 Å². The zero-order chi connectivity index (χ0) is 12.1. The number of imide groups is 1. The van der Waals surface area contributed by atoms with Crippen LogP contribution in [0.25, 0.3) is 0 Å². The van der Waals surface area contributed by atoms with E-state index in [9.17, 15) is 19.2 Å². The van der Waals surface area contributed by atoms with Gasteiger partial charge in [-0.25, -0.2) is 0 Å². The minimum Gasteiger partial charge on any atom is -0.481 e. The van der Waals surface area contributed by atoms with Crippen molar-refractivity contribution in [2.45, 2.75) is 25.7 Å². The predicted octanol–water partition coefficient (Wildman–Crippen LogP) is -1.04. The lowest BCUT2D eigenvalue weighted by Crippen LogP contribution is -2.43. The Morgan fingerprint density at radius 2 is 1.81 bits per heavy atom. The summed E-state index contributed by atoms with van der Waals surface area (Å²) in [4.78, 5) is 47.4. The molecule has 8 nitrogen and oxygen atoms in total. The van der Waals surface area contributed by atoms with Crippen molar-refractivity contribution in [3.8, 4) is 0 Å². The van der Waals surface area contributed by atoms with Crippen molar-refractivity contribution in [2.75, 3.05) is 0 Å². The maximum Gasteiger partial charge on any atom is 0.327 e. The first-order valence-electron chi connectivity index (χ1n) is 4.53. The Kier molecular flexibility index (Phi) is 3.95. The van der Waals surface area contributed by atoms with E-state index >= 15 is 0 Å². The first kappa shape index (κ1) is 12.1. The fraction of sp³-hybridized carbons (Fsp3) is 0.500. The van der Waals surface area contributed by atoms with Crippen molar-refractivity contribution in [2.24, 2.45) is 0 Å². The van der Waals surface area contributed by atoms with Gasteiger partial charge in [0, 0.05) is 12.8 Å². The van der Waals surface area contributed by atoms with E-state index in [1.165, 1.54) is 0 Å². The van der Waals surface area contributed by atoms with Gasteiger partial charge in [0.05, 0.1) is 12.8 Å². The third-order valence-electron chi connectivity index (χ3n) is 1.85. The van der Waals surface area contributed by atoms with E-state index in [1.54, 1.807) is 0 Å². The van der Waals surface area contributed by atoms with Gasteiger partial charge in [-0.15, -0.1) is 0 Å². The molecule has 1 fully saturated rings. The van der Waals surface area contributed by atoms with Crippen LogP contribution in [0.5, 0.6) is 0 Å². The molecule has 16 heavy (non-hydrogen) atoms. The fourth-order valence-corrected chi connectivity index (χ4v) is 1.03. The molecule has 0 aromatic heterocycles. The predicted molar refractivity (Wildman–Crippen MR) is 47.2 cm³/mol. The van der Waals surface area contributed by atoms with Crippen LogP contribution >= 0.6 is 0 Å². The van der Waals surface area contributed by atoms with Crippen LogP contribution < -0.4 is 5.59 Å². The van der Waals surface area contributed by atoms with E-state index in [0.29, 0.717) is 5.01 Å². The summed E-state index contributed by atoms with van der Waals surface area (Å²) in [5.74, 6) is -2.97. The molecule has 0 unspecified atom stereocenters. The summed E-state index contributed by atoms with van der Waals surface area (Å²) in [5.41, 5.74) is 1.90. The highest BCUT2D eigenvalue weighted by Crippen LogP contribution is 2.08. The van der Waals surface area contributed by atoms with Gasteiger partial charge in [0.15, 0.2) is 0 Å². The number of amides is 2. The smallest absolute Gasteiger partial charge is 0.327 e. The summed E-state index contributed by atoms with van der Waals surface area (Å²) in [6.45, 7) is 0. The SMILES string of the molecule is O=C(O)CCC(=O)ONN1C(=O)CCC1=O. The van der Waals surface area contributed by atoms with Crippen LogP contribution in [0.2, 0.25) is 0 Å². The number of carboxylic acids is 1. The Morgan fingerprint density at radius 3 is 2.31 bits per heavy atom. The summed E-state index contributed by atoms with van der Waals surface area (Å²) >= 11 is 0. The molecule has 1 saturated heterocycles. The zero-order valence-corrected chi connectivity index (χ0v) is 8.26. The summed E-state index contributed by atoms with van der Waals surface area (Å²) in [5, 5.41) is 8.88. The van der Waals surface area contributed by atoms with E-state index < -0.39 is 23.8 Å². The number of carbonyl (C=O) groups excluding carboxylic acids is 3. The van der Waals surface area contributed by atoms with Crippen LogP contribution in [-0.4, -0.2) is 33.9 Å². The minimum absolute atomic E-state index is 0.0680. The molecule has 0 aromatic carbocycles. The van der Waals surface area contributed by atoms with Crippen molar-refractivity contribution in [1.29, 1.82) is 0 Å². The summed E-state index contributed by atoms with van der Waals surface area (Å²) in [6.07, 6.45) is -0.571. The van der Waals surface area contributed by atoms with Gasteiger partial charge in [0.2, 0.25) is 11.8 Å². The second-order valence-electron chi connectivity index (χ2n) is 3.08. The number of rotatable bonds is 5. The molecule has 0 aromatic rings. The lowest BCUT2D eigenvalue weighted by atomic mass is 10.3. The molecule has 1 rings (SSSR count). The quantitative estimate of drug-likeness (QED) is 0.458. The summed E-state index contributed by atoms with van der Waals surface area (Å²) in [7, 11) is 0. The van der Waals surface area contributed by atoms with Gasteiger partial charge in [-0.3, -0.25) is 19.2 Å². The number of hydrazine groups is 1. The lowest BCUT2D eigenvalue weighted by molar-refractivity contribution is -0.173. The van der Waals surface area contributed by atoms with E-state index in [1.807, 2.05) is 5.59 Å². The minimum atomic E-state index is -1.13. The molecule has 2 amide bonds. The topological polar surface area (TPSA) is 113 Å². The van der Waals surface area contributed by atoms with E-state index in [2.05, 4.69) is 4.84 Å². The fourth-order valence-electron chi connectivity index (χ4n) is 1.03. The van der Waals surface area contributed by atoms with Gasteiger partial charge in [0.1, 0.15) is 0 Å². The lowest BCUT2D eigenvalue weighted by Gasteiger charge is -2.13. The van der Waals surface area contributed by atoms with Crippen molar-refractivity contribution >= 4 is 23.8 Å². The summed E-state index contributed by atoms with van der Waals surface area (Å²) < 4.78 is 0. The molecule has 0 saturated carbocycles. The van der Waals surface area contributed by atoms with Gasteiger partial charge in [0.25, 0.3) is 0 Å². The number of nitrogens with zero attached hydrogens (tertiary/aromatic N) is 1. The molecule has 2 N–H and O–H groups in total. The molecule has 0 aliphatic carbocycles. The van der Waals surface area contributed by atoms with Crippen LogP contribution in [-0.2, 0) is 24.0 Å². The first-order chi connectivity index (χ1) is 7.50. The Hall–Kier alpha value is -1.96. The van der Waals surface area contributed by atoms with Crippen LogP contribution in [0.1, 0.15) is 25.7 Å². The second-order valence-corrected chi connectivity index (χ2v) is 3.08. The van der Waals surface area contributed by atoms with E-state index in [0.717, 1.165) is 0 Å². The normalized spacial score (nSPS) is 15.4. The van der Waals surface area contributed by atoms with Crippen molar-refractivity contribution in [3.63, 3.8) is 0 Å². The molecule has 0 bridgehead atoms. The van der Waals surface area contributed by atoms with Gasteiger partial charge in [-0.1, -0.05) is 5.59 Å². The number of carbonyl (C=O) groups is 4. The summed E-state index contributed by atoms with van der Waals surface area (Å²) in [6, 6.07) is 0. The average molecular weight is 230 g/mol. The van der Waals surface area contributed by atoms with Gasteiger partial charge in [-0.2, -0.15) is 5.01 Å². The van der Waals surface area contributed by atoms with Gasteiger partial charge >= 0.3 is 11.9 Å². The molecule has 1 heterocycles. The molecule has 0 radical (unpaired) electrons. The molecule has 1 aliphatic heterocycles. The highest BCUT2D eigenvalue weighted by atomic mass is 16.7. The molecule has 8 heteroatoms. The van der Waals surface area contributed by atoms with Crippen molar-refractivity contribution in [3.05, 3.63) is 0 Å². The van der Waals surface area contributed by atoms with Crippen LogP contribution in [0.3, 0.4) is 0 Å². The Morgan fingerprint density at radius 1 is 1.25 bits per heavy atom. The van der Waals surface area contributed by atoms with Crippen LogP contribution in [0, 0.1) is 0 Å². The van der Waals surface area contributed by atoms with Gasteiger partial charge < -0.3 is 9.94 Å². The highest BCUT2D eigenvalue weighted by molar-refractivity contribution is 6.01. The standard InChI is InChI=1S/C8H10N2O6/c11-5-1-2-6(12)10(5)9-16-8(15)4-3-7(13)14/h9H,1-4H2,(H,13,14). The van der Waals surface area contributed by atoms with Crippen molar-refractivity contribution in [1.82, 2.24) is 10.6 Å². The van der Waals surface area contributed by atoms with Crippen molar-refractivity contribution < 1.29 is 29.1 Å². The monoisotopic (exact) mass is 230 g/mol. The number of nitrogens with one attached hydrogen (secondary N) is 1. The molecule has 0 atom stereocenters. The van der Waals surface area contributed by atoms with Gasteiger partial charge in [-0.05, 0) is 0 Å². The molecule has 1 aliphatic rings. The largest absolute Gasteiger partial charge is 0.481 e. The average Bonchev–Trinajstić information content (AvgIpc) is 2.53. The van der Waals surface area contributed by atoms with Crippen LogP contribution in [0.15, 0.2) is 0 Å². The number of aliphatic carboxylic acids is 1. The highest BCUT2D eigenvalue weighted by Gasteiger charge is 2.30. The van der Waals surface area contributed by atoms with Crippen LogP contribution in [0.4, 0.5) is 0 Å². The second kappa shape index (κ2) is 5.21. The molecular weight excluding hydrogens is 220 g/mol. The number of hydrogen-bond donors (Lipinski definition) is 2. The van der Waals surface area contributed by atoms with E-state index in [4.69, 9.17) is 5.11 Å². The first-order valence-corrected chi connectivity index (χ1v) is 4.53. The number of hydrogen-bond acceptors (Lipinski definition) is 6.